The number of ether oxygens (including phenoxy) is 1. The molecular formula is C17H28N4O2. The van der Waals surface area contributed by atoms with Gasteiger partial charge in [0.1, 0.15) is 0 Å². The Bertz CT molecular complexity index is 549. The summed E-state index contributed by atoms with van der Waals surface area (Å²) in [6.45, 7) is 11.8. The van der Waals surface area contributed by atoms with Crippen LogP contribution in [0.15, 0.2) is 6.20 Å². The first kappa shape index (κ1) is 17.7. The van der Waals surface area contributed by atoms with Crippen LogP contribution in [0.5, 0.6) is 0 Å². The minimum atomic E-state index is -0.358. The lowest BCUT2D eigenvalue weighted by Gasteiger charge is -2.41. The highest BCUT2D eigenvalue weighted by Gasteiger charge is 2.29. The van der Waals surface area contributed by atoms with Crippen LogP contribution in [0.2, 0.25) is 0 Å². The maximum atomic E-state index is 11.8. The van der Waals surface area contributed by atoms with Gasteiger partial charge in [0.15, 0.2) is 0 Å². The fourth-order valence-corrected chi connectivity index (χ4v) is 3.26. The van der Waals surface area contributed by atoms with Crippen LogP contribution < -0.4 is 4.90 Å². The van der Waals surface area contributed by atoms with E-state index < -0.39 is 0 Å². The Hall–Kier alpha value is -1.69. The van der Waals surface area contributed by atoms with Gasteiger partial charge < -0.3 is 14.5 Å². The predicted octanol–water partition coefficient (Wildman–Crippen LogP) is 2.13. The summed E-state index contributed by atoms with van der Waals surface area (Å²) < 4.78 is 5.03. The Balaban J connectivity index is 2.12. The summed E-state index contributed by atoms with van der Waals surface area (Å²) in [4.78, 5) is 25.4. The van der Waals surface area contributed by atoms with Crippen molar-refractivity contribution in [3.05, 3.63) is 17.5 Å². The van der Waals surface area contributed by atoms with Gasteiger partial charge in [-0.15, -0.1) is 0 Å². The van der Waals surface area contributed by atoms with Crippen molar-refractivity contribution in [3.63, 3.8) is 0 Å². The van der Waals surface area contributed by atoms with Crippen LogP contribution in [0.1, 0.15) is 43.2 Å². The molecule has 1 aromatic rings. The fraction of sp³-hybridized carbons (Fsp3) is 0.706. The van der Waals surface area contributed by atoms with E-state index in [4.69, 9.17) is 4.74 Å². The summed E-state index contributed by atoms with van der Waals surface area (Å²) in [5.74, 6) is 0.878. The van der Waals surface area contributed by atoms with Gasteiger partial charge in [0.2, 0.25) is 5.95 Å². The molecule has 1 saturated heterocycles. The summed E-state index contributed by atoms with van der Waals surface area (Å²) >= 11 is 0. The van der Waals surface area contributed by atoms with Gasteiger partial charge in [0, 0.05) is 32.4 Å². The molecule has 0 spiro atoms. The molecule has 0 amide bonds. The number of rotatable bonds is 5. The molecule has 2 heterocycles. The first-order chi connectivity index (χ1) is 11.0. The molecule has 2 rings (SSSR count). The molecule has 0 aromatic carbocycles. The zero-order valence-corrected chi connectivity index (χ0v) is 14.9. The van der Waals surface area contributed by atoms with Gasteiger partial charge in [0.25, 0.3) is 0 Å². The number of piperidine rings is 1. The van der Waals surface area contributed by atoms with Gasteiger partial charge in [0.05, 0.1) is 17.9 Å². The topological polar surface area (TPSA) is 58.6 Å². The van der Waals surface area contributed by atoms with E-state index in [0.29, 0.717) is 35.8 Å². The number of anilines is 1. The van der Waals surface area contributed by atoms with Crippen LogP contribution in [0.25, 0.3) is 0 Å². The third-order valence-corrected chi connectivity index (χ3v) is 4.67. The molecule has 6 heteroatoms. The SMILES string of the molecule is CCOC(=O)c1cnc(N(C)[C@H]2CCN(CC)C[C@H]2C)nc1C. The van der Waals surface area contributed by atoms with E-state index in [9.17, 15) is 4.79 Å². The molecule has 0 bridgehead atoms. The van der Waals surface area contributed by atoms with Crippen molar-refractivity contribution in [2.45, 2.75) is 40.2 Å². The minimum Gasteiger partial charge on any atom is -0.462 e. The number of nitrogens with zero attached hydrogens (tertiary/aromatic N) is 4. The van der Waals surface area contributed by atoms with E-state index in [0.717, 1.165) is 26.1 Å². The van der Waals surface area contributed by atoms with Gasteiger partial charge in [-0.2, -0.15) is 0 Å². The average molecular weight is 320 g/mol. The van der Waals surface area contributed by atoms with Gasteiger partial charge in [-0.1, -0.05) is 13.8 Å². The second-order valence-electron chi connectivity index (χ2n) is 6.23. The lowest BCUT2D eigenvalue weighted by atomic mass is 9.93. The van der Waals surface area contributed by atoms with Crippen molar-refractivity contribution in [1.82, 2.24) is 14.9 Å². The molecule has 1 aliphatic heterocycles. The first-order valence-corrected chi connectivity index (χ1v) is 8.43. The Kier molecular flexibility index (Phi) is 5.93. The van der Waals surface area contributed by atoms with Crippen LogP contribution in [0.4, 0.5) is 5.95 Å². The molecule has 0 saturated carbocycles. The second-order valence-corrected chi connectivity index (χ2v) is 6.23. The molecule has 6 nitrogen and oxygen atoms in total. The smallest absolute Gasteiger partial charge is 0.341 e. The Morgan fingerprint density at radius 1 is 1.48 bits per heavy atom. The van der Waals surface area contributed by atoms with Crippen molar-refractivity contribution < 1.29 is 9.53 Å². The van der Waals surface area contributed by atoms with Crippen molar-refractivity contribution in [2.75, 3.05) is 38.2 Å². The predicted molar refractivity (Wildman–Crippen MR) is 90.8 cm³/mol. The maximum absolute atomic E-state index is 11.8. The Morgan fingerprint density at radius 3 is 2.78 bits per heavy atom. The highest BCUT2D eigenvalue weighted by Crippen LogP contribution is 2.24. The fourth-order valence-electron chi connectivity index (χ4n) is 3.26. The van der Waals surface area contributed by atoms with Crippen molar-refractivity contribution >= 4 is 11.9 Å². The number of hydrogen-bond acceptors (Lipinski definition) is 6. The van der Waals surface area contributed by atoms with Crippen LogP contribution in [-0.4, -0.2) is 60.2 Å². The molecule has 0 radical (unpaired) electrons. The largest absolute Gasteiger partial charge is 0.462 e. The molecule has 1 aliphatic rings. The molecule has 0 aliphatic carbocycles. The second kappa shape index (κ2) is 7.73. The lowest BCUT2D eigenvalue weighted by molar-refractivity contribution is 0.0524. The Labute approximate surface area is 138 Å². The third kappa shape index (κ3) is 3.99. The van der Waals surface area contributed by atoms with Crippen LogP contribution in [0, 0.1) is 12.8 Å². The highest BCUT2D eigenvalue weighted by atomic mass is 16.5. The minimum absolute atomic E-state index is 0.355. The Morgan fingerprint density at radius 2 is 2.22 bits per heavy atom. The molecule has 128 valence electrons. The summed E-state index contributed by atoms with van der Waals surface area (Å²) in [6.07, 6.45) is 2.69. The quantitative estimate of drug-likeness (QED) is 0.775. The van der Waals surface area contributed by atoms with Crippen molar-refractivity contribution in [3.8, 4) is 0 Å². The van der Waals surface area contributed by atoms with E-state index in [1.54, 1.807) is 13.1 Å². The van der Waals surface area contributed by atoms with E-state index in [1.165, 1.54) is 0 Å². The van der Waals surface area contributed by atoms with Gasteiger partial charge >= 0.3 is 5.97 Å². The maximum Gasteiger partial charge on any atom is 0.341 e. The van der Waals surface area contributed by atoms with Crippen LogP contribution in [-0.2, 0) is 4.74 Å². The summed E-state index contributed by atoms with van der Waals surface area (Å²) in [7, 11) is 2.04. The highest BCUT2D eigenvalue weighted by molar-refractivity contribution is 5.90. The van der Waals surface area contributed by atoms with Crippen molar-refractivity contribution in [1.29, 1.82) is 0 Å². The van der Waals surface area contributed by atoms with Gasteiger partial charge in [-0.05, 0) is 32.7 Å². The number of carbonyl (C=O) groups is 1. The number of aromatic nitrogens is 2. The van der Waals surface area contributed by atoms with E-state index in [1.807, 2.05) is 14.0 Å². The molecule has 0 N–H and O–H groups in total. The van der Waals surface area contributed by atoms with E-state index in [2.05, 4.69) is 33.6 Å². The number of carbonyl (C=O) groups excluding carboxylic acids is 1. The summed E-state index contributed by atoms with van der Waals surface area (Å²) in [6, 6.07) is 0.422. The van der Waals surface area contributed by atoms with Gasteiger partial charge in [-0.25, -0.2) is 14.8 Å². The van der Waals surface area contributed by atoms with Crippen LogP contribution >= 0.6 is 0 Å². The molecule has 2 atom stereocenters. The average Bonchev–Trinajstić information content (AvgIpc) is 2.54. The van der Waals surface area contributed by atoms with Gasteiger partial charge in [-0.3, -0.25) is 0 Å². The lowest BCUT2D eigenvalue weighted by Crippen LogP contribution is -2.49. The van der Waals surface area contributed by atoms with E-state index in [-0.39, 0.29) is 5.97 Å². The van der Waals surface area contributed by atoms with E-state index >= 15 is 0 Å². The zero-order valence-electron chi connectivity index (χ0n) is 14.9. The third-order valence-electron chi connectivity index (χ3n) is 4.67. The number of hydrogen-bond donors (Lipinski definition) is 0. The number of esters is 1. The first-order valence-electron chi connectivity index (χ1n) is 8.43. The molecule has 23 heavy (non-hydrogen) atoms. The normalized spacial score (nSPS) is 22.0. The zero-order chi connectivity index (χ0) is 17.0. The van der Waals surface area contributed by atoms with Crippen LogP contribution in [0.3, 0.4) is 0 Å². The molecule has 0 unspecified atom stereocenters. The number of likely N-dealkylation sites (tertiary alicyclic amines) is 1. The molecule has 1 fully saturated rings. The monoisotopic (exact) mass is 320 g/mol. The summed E-state index contributed by atoms with van der Waals surface area (Å²) in [5.41, 5.74) is 1.11. The van der Waals surface area contributed by atoms with Crippen molar-refractivity contribution in [2.24, 2.45) is 5.92 Å². The standard InChI is InChI=1S/C17H28N4O2/c1-6-21-9-8-15(12(3)11-21)20(5)17-18-10-14(13(4)19-17)16(22)23-7-2/h10,12,15H,6-9,11H2,1-5H3/t12-,15+/m1/s1. The molecule has 1 aromatic heterocycles. The molecular weight excluding hydrogens is 292 g/mol. The summed E-state index contributed by atoms with van der Waals surface area (Å²) in [5, 5.41) is 0. The number of aryl methyl sites for hydroxylation is 1.